The first-order valence-electron chi connectivity index (χ1n) is 7.61. The van der Waals surface area contributed by atoms with Crippen LogP contribution in [0.25, 0.3) is 0 Å². The molecule has 0 amide bonds. The molecule has 7 nitrogen and oxygen atoms in total. The van der Waals surface area contributed by atoms with E-state index in [1.165, 1.54) is 0 Å². The summed E-state index contributed by atoms with van der Waals surface area (Å²) in [7, 11) is 1.81. The maximum atomic E-state index is 5.66. The Hall–Kier alpha value is -1.63. The highest BCUT2D eigenvalue weighted by atomic mass is 16.5. The lowest BCUT2D eigenvalue weighted by molar-refractivity contribution is 0.105. The second-order valence-corrected chi connectivity index (χ2v) is 5.51. The van der Waals surface area contributed by atoms with Gasteiger partial charge in [-0.25, -0.2) is 0 Å². The van der Waals surface area contributed by atoms with E-state index in [-0.39, 0.29) is 11.6 Å². The molecule has 0 bridgehead atoms. The van der Waals surface area contributed by atoms with E-state index < -0.39 is 0 Å². The monoisotopic (exact) mass is 294 g/mol. The minimum absolute atomic E-state index is 0.129. The summed E-state index contributed by atoms with van der Waals surface area (Å²) in [4.78, 5) is 15.5. The summed E-state index contributed by atoms with van der Waals surface area (Å²) in [5, 5.41) is 6.43. The molecular formula is C14H26N6O. The third-order valence-corrected chi connectivity index (χ3v) is 4.18. The van der Waals surface area contributed by atoms with Crippen LogP contribution in [0.2, 0.25) is 0 Å². The fourth-order valence-corrected chi connectivity index (χ4v) is 2.43. The van der Waals surface area contributed by atoms with Crippen LogP contribution in [0.1, 0.15) is 34.1 Å². The van der Waals surface area contributed by atoms with E-state index in [0.717, 1.165) is 26.1 Å². The van der Waals surface area contributed by atoms with Gasteiger partial charge in [-0.05, 0) is 34.1 Å². The highest BCUT2D eigenvalue weighted by Gasteiger charge is 2.37. The summed E-state index contributed by atoms with van der Waals surface area (Å²) in [6, 6.07) is 0. The van der Waals surface area contributed by atoms with Crippen molar-refractivity contribution in [3.05, 3.63) is 0 Å². The molecule has 1 aromatic rings. The molecule has 1 fully saturated rings. The number of hydrogen-bond donors (Lipinski definition) is 2. The van der Waals surface area contributed by atoms with Gasteiger partial charge in [0.25, 0.3) is 0 Å². The van der Waals surface area contributed by atoms with Crippen LogP contribution in [0.5, 0.6) is 0 Å². The third kappa shape index (κ3) is 3.34. The molecule has 2 unspecified atom stereocenters. The molecule has 21 heavy (non-hydrogen) atoms. The van der Waals surface area contributed by atoms with Crippen LogP contribution in [0.4, 0.5) is 17.8 Å². The molecule has 0 radical (unpaired) electrons. The van der Waals surface area contributed by atoms with Gasteiger partial charge in [-0.2, -0.15) is 15.0 Å². The van der Waals surface area contributed by atoms with Gasteiger partial charge in [0, 0.05) is 26.7 Å². The standard InChI is InChI=1S/C14H26N6O/c1-6-20(7-2)13-17-11(15-5)16-12(18-13)19-14(4)8-9-21-10(14)3/h10H,6-9H2,1-5H3,(H2,15,16,17,18,19). The lowest BCUT2D eigenvalue weighted by Crippen LogP contribution is -2.42. The van der Waals surface area contributed by atoms with Gasteiger partial charge in [-0.3, -0.25) is 0 Å². The minimum atomic E-state index is -0.146. The molecule has 0 spiro atoms. The van der Waals surface area contributed by atoms with Crippen molar-refractivity contribution < 1.29 is 4.74 Å². The summed E-state index contributed by atoms with van der Waals surface area (Å²) in [6.45, 7) is 10.9. The molecule has 0 saturated carbocycles. The van der Waals surface area contributed by atoms with Crippen molar-refractivity contribution in [2.75, 3.05) is 42.3 Å². The number of aromatic nitrogens is 3. The predicted molar refractivity (Wildman–Crippen MR) is 85.0 cm³/mol. The molecule has 2 N–H and O–H groups in total. The van der Waals surface area contributed by atoms with E-state index in [1.54, 1.807) is 0 Å². The Morgan fingerprint density at radius 1 is 1.24 bits per heavy atom. The molecular weight excluding hydrogens is 268 g/mol. The summed E-state index contributed by atoms with van der Waals surface area (Å²) < 4.78 is 5.66. The van der Waals surface area contributed by atoms with Crippen LogP contribution < -0.4 is 15.5 Å². The molecule has 1 aromatic heterocycles. The average Bonchev–Trinajstić information content (AvgIpc) is 2.79. The Labute approximate surface area is 126 Å². The van der Waals surface area contributed by atoms with Gasteiger partial charge in [0.2, 0.25) is 17.8 Å². The topological polar surface area (TPSA) is 75.2 Å². The average molecular weight is 294 g/mol. The Bertz CT molecular complexity index is 479. The van der Waals surface area contributed by atoms with Crippen LogP contribution >= 0.6 is 0 Å². The lowest BCUT2D eigenvalue weighted by Gasteiger charge is -2.29. The normalized spacial score (nSPS) is 24.9. The SMILES string of the molecule is CCN(CC)c1nc(NC)nc(NC2(C)CCOC2C)n1. The van der Waals surface area contributed by atoms with Gasteiger partial charge in [0.15, 0.2) is 0 Å². The quantitative estimate of drug-likeness (QED) is 0.827. The minimum Gasteiger partial charge on any atom is -0.376 e. The molecule has 0 aliphatic carbocycles. The fourth-order valence-electron chi connectivity index (χ4n) is 2.43. The van der Waals surface area contributed by atoms with Gasteiger partial charge >= 0.3 is 0 Å². The first-order chi connectivity index (χ1) is 10.0. The van der Waals surface area contributed by atoms with Crippen molar-refractivity contribution in [3.63, 3.8) is 0 Å². The maximum Gasteiger partial charge on any atom is 0.231 e. The Balaban J connectivity index is 2.28. The highest BCUT2D eigenvalue weighted by Crippen LogP contribution is 2.29. The maximum absolute atomic E-state index is 5.66. The Kier molecular flexibility index (Phi) is 4.82. The first-order valence-corrected chi connectivity index (χ1v) is 7.61. The van der Waals surface area contributed by atoms with Crippen LogP contribution in [0.3, 0.4) is 0 Å². The van der Waals surface area contributed by atoms with E-state index in [1.807, 2.05) is 7.05 Å². The van der Waals surface area contributed by atoms with Crippen LogP contribution in [0.15, 0.2) is 0 Å². The van der Waals surface area contributed by atoms with E-state index in [2.05, 4.69) is 58.2 Å². The first kappa shape index (κ1) is 15.8. The molecule has 1 aliphatic heterocycles. The number of nitrogens with zero attached hydrogens (tertiary/aromatic N) is 4. The lowest BCUT2D eigenvalue weighted by atomic mass is 9.95. The van der Waals surface area contributed by atoms with E-state index >= 15 is 0 Å². The van der Waals surface area contributed by atoms with Crippen LogP contribution in [-0.4, -0.2) is 53.3 Å². The van der Waals surface area contributed by atoms with Gasteiger partial charge in [0.05, 0.1) is 11.6 Å². The molecule has 2 atom stereocenters. The molecule has 2 rings (SSSR count). The Morgan fingerprint density at radius 2 is 1.90 bits per heavy atom. The molecule has 118 valence electrons. The molecule has 7 heteroatoms. The van der Waals surface area contributed by atoms with Gasteiger partial charge in [-0.1, -0.05) is 0 Å². The molecule has 1 aliphatic rings. The number of nitrogens with one attached hydrogen (secondary N) is 2. The second-order valence-electron chi connectivity index (χ2n) is 5.51. The fraction of sp³-hybridized carbons (Fsp3) is 0.786. The van der Waals surface area contributed by atoms with Gasteiger partial charge in [0.1, 0.15) is 0 Å². The second kappa shape index (κ2) is 6.43. The summed E-state index contributed by atoms with van der Waals surface area (Å²) >= 11 is 0. The van der Waals surface area contributed by atoms with Gasteiger partial charge in [-0.15, -0.1) is 0 Å². The van der Waals surface area contributed by atoms with Crippen molar-refractivity contribution in [3.8, 4) is 0 Å². The number of anilines is 3. The zero-order valence-corrected chi connectivity index (χ0v) is 13.6. The van der Waals surface area contributed by atoms with Gasteiger partial charge < -0.3 is 20.3 Å². The summed E-state index contributed by atoms with van der Waals surface area (Å²) in [5.74, 6) is 1.86. The smallest absolute Gasteiger partial charge is 0.231 e. The van der Waals surface area contributed by atoms with Crippen LogP contribution in [-0.2, 0) is 4.74 Å². The van der Waals surface area contributed by atoms with E-state index in [4.69, 9.17) is 4.74 Å². The molecule has 0 aromatic carbocycles. The van der Waals surface area contributed by atoms with Crippen LogP contribution in [0, 0.1) is 0 Å². The summed E-state index contributed by atoms with van der Waals surface area (Å²) in [6.07, 6.45) is 1.07. The van der Waals surface area contributed by atoms with Crippen molar-refractivity contribution in [1.29, 1.82) is 0 Å². The highest BCUT2D eigenvalue weighted by molar-refractivity contribution is 5.45. The van der Waals surface area contributed by atoms with Crippen molar-refractivity contribution in [1.82, 2.24) is 15.0 Å². The Morgan fingerprint density at radius 3 is 2.43 bits per heavy atom. The zero-order valence-electron chi connectivity index (χ0n) is 13.6. The predicted octanol–water partition coefficient (Wildman–Crippen LogP) is 1.74. The number of hydrogen-bond acceptors (Lipinski definition) is 7. The molecule has 2 heterocycles. The van der Waals surface area contributed by atoms with Crippen molar-refractivity contribution >= 4 is 17.8 Å². The number of rotatable bonds is 6. The zero-order chi connectivity index (χ0) is 15.5. The van der Waals surface area contributed by atoms with E-state index in [9.17, 15) is 0 Å². The summed E-state index contributed by atoms with van der Waals surface area (Å²) in [5.41, 5.74) is -0.146. The van der Waals surface area contributed by atoms with E-state index in [0.29, 0.717) is 17.8 Å². The number of ether oxygens (including phenoxy) is 1. The van der Waals surface area contributed by atoms with Crippen molar-refractivity contribution in [2.24, 2.45) is 0 Å². The third-order valence-electron chi connectivity index (χ3n) is 4.18. The largest absolute Gasteiger partial charge is 0.376 e. The van der Waals surface area contributed by atoms with Crippen molar-refractivity contribution in [2.45, 2.75) is 45.8 Å². The molecule has 1 saturated heterocycles.